The van der Waals surface area contributed by atoms with Crippen LogP contribution >= 0.6 is 11.6 Å². The van der Waals surface area contributed by atoms with Crippen molar-refractivity contribution >= 4 is 27.3 Å². The van der Waals surface area contributed by atoms with Gasteiger partial charge in [0.2, 0.25) is 0 Å². The molecule has 3 rings (SSSR count). The van der Waals surface area contributed by atoms with Gasteiger partial charge in [0.15, 0.2) is 0 Å². The molecular formula is C18H14ClNO3S. The number of para-hydroxylation sites is 1. The van der Waals surface area contributed by atoms with Gasteiger partial charge in [0, 0.05) is 10.7 Å². The lowest BCUT2D eigenvalue weighted by Gasteiger charge is -2.09. The standard InChI is InChI=1S/C18H14ClNO3S/c19-14-6-8-15(9-7-14)20-24(21,22)18-12-10-17(11-13-18)23-16-4-2-1-3-5-16/h1-13,20H. The predicted octanol–water partition coefficient (Wildman–Crippen LogP) is 4.93. The van der Waals surface area contributed by atoms with E-state index in [4.69, 9.17) is 16.3 Å². The number of rotatable bonds is 5. The first-order valence-corrected chi connectivity index (χ1v) is 9.00. The molecule has 0 saturated carbocycles. The average Bonchev–Trinajstić information content (AvgIpc) is 2.58. The summed E-state index contributed by atoms with van der Waals surface area (Å²) in [6, 6.07) is 21.9. The predicted molar refractivity (Wildman–Crippen MR) is 95.2 cm³/mol. The molecule has 6 heteroatoms. The van der Waals surface area contributed by atoms with Crippen molar-refractivity contribution in [1.82, 2.24) is 0 Å². The fourth-order valence-electron chi connectivity index (χ4n) is 2.04. The molecule has 0 heterocycles. The summed E-state index contributed by atoms with van der Waals surface area (Å²) in [5.41, 5.74) is 0.448. The first-order valence-electron chi connectivity index (χ1n) is 7.14. The number of anilines is 1. The van der Waals surface area contributed by atoms with Crippen LogP contribution in [0.25, 0.3) is 0 Å². The van der Waals surface area contributed by atoms with Gasteiger partial charge in [-0.15, -0.1) is 0 Å². The van der Waals surface area contributed by atoms with Crippen molar-refractivity contribution in [3.05, 3.63) is 83.9 Å². The van der Waals surface area contributed by atoms with Crippen molar-refractivity contribution in [2.75, 3.05) is 4.72 Å². The van der Waals surface area contributed by atoms with Gasteiger partial charge in [0.1, 0.15) is 11.5 Å². The second-order valence-corrected chi connectivity index (χ2v) is 7.12. The fourth-order valence-corrected chi connectivity index (χ4v) is 3.23. The van der Waals surface area contributed by atoms with Crippen LogP contribution in [-0.4, -0.2) is 8.42 Å². The molecule has 3 aromatic rings. The molecule has 0 saturated heterocycles. The summed E-state index contributed by atoms with van der Waals surface area (Å²) in [6.07, 6.45) is 0. The van der Waals surface area contributed by atoms with Gasteiger partial charge in [-0.05, 0) is 60.7 Å². The van der Waals surface area contributed by atoms with Crippen molar-refractivity contribution in [2.45, 2.75) is 4.90 Å². The van der Waals surface area contributed by atoms with Gasteiger partial charge in [-0.3, -0.25) is 4.72 Å². The highest BCUT2D eigenvalue weighted by atomic mass is 35.5. The van der Waals surface area contributed by atoms with E-state index in [1.807, 2.05) is 30.3 Å². The van der Waals surface area contributed by atoms with Crippen molar-refractivity contribution < 1.29 is 13.2 Å². The molecule has 0 fully saturated rings. The van der Waals surface area contributed by atoms with Gasteiger partial charge in [0.25, 0.3) is 10.0 Å². The zero-order chi connectivity index (χ0) is 17.0. The lowest BCUT2D eigenvalue weighted by Crippen LogP contribution is -2.12. The number of hydrogen-bond acceptors (Lipinski definition) is 3. The molecule has 0 aliphatic heterocycles. The number of ether oxygens (including phenoxy) is 1. The Bertz CT molecular complexity index is 909. The molecule has 0 spiro atoms. The van der Waals surface area contributed by atoms with Crippen LogP contribution < -0.4 is 9.46 Å². The number of nitrogens with one attached hydrogen (secondary N) is 1. The highest BCUT2D eigenvalue weighted by Crippen LogP contribution is 2.24. The molecule has 24 heavy (non-hydrogen) atoms. The van der Waals surface area contributed by atoms with E-state index in [9.17, 15) is 8.42 Å². The van der Waals surface area contributed by atoms with E-state index in [-0.39, 0.29) is 4.90 Å². The summed E-state index contributed by atoms with van der Waals surface area (Å²) in [5.74, 6) is 1.25. The molecule has 0 bridgehead atoms. The van der Waals surface area contributed by atoms with Gasteiger partial charge in [-0.1, -0.05) is 29.8 Å². The zero-order valence-corrected chi connectivity index (χ0v) is 14.1. The summed E-state index contributed by atoms with van der Waals surface area (Å²) < 4.78 is 32.9. The summed E-state index contributed by atoms with van der Waals surface area (Å²) in [7, 11) is -3.66. The SMILES string of the molecule is O=S(=O)(Nc1ccc(Cl)cc1)c1ccc(Oc2ccccc2)cc1. The largest absolute Gasteiger partial charge is 0.457 e. The monoisotopic (exact) mass is 359 g/mol. The van der Waals surface area contributed by atoms with Gasteiger partial charge in [-0.2, -0.15) is 0 Å². The van der Waals surface area contributed by atoms with E-state index in [0.717, 1.165) is 0 Å². The maximum absolute atomic E-state index is 12.4. The van der Waals surface area contributed by atoms with Gasteiger partial charge in [0.05, 0.1) is 4.90 Å². The molecular weight excluding hydrogens is 346 g/mol. The van der Waals surface area contributed by atoms with Crippen LogP contribution in [0.1, 0.15) is 0 Å². The van der Waals surface area contributed by atoms with E-state index in [1.54, 1.807) is 36.4 Å². The molecule has 0 aliphatic rings. The van der Waals surface area contributed by atoms with Crippen LogP contribution in [0.5, 0.6) is 11.5 Å². The lowest BCUT2D eigenvalue weighted by atomic mass is 10.3. The quantitative estimate of drug-likeness (QED) is 0.702. The highest BCUT2D eigenvalue weighted by molar-refractivity contribution is 7.92. The minimum absolute atomic E-state index is 0.151. The van der Waals surface area contributed by atoms with Crippen molar-refractivity contribution in [2.24, 2.45) is 0 Å². The third-order valence-corrected chi connectivity index (χ3v) is 4.86. The summed E-state index contributed by atoms with van der Waals surface area (Å²) in [5, 5.41) is 0.542. The van der Waals surface area contributed by atoms with Crippen LogP contribution in [0.15, 0.2) is 83.8 Å². The molecule has 0 aromatic heterocycles. The Morgan fingerprint density at radius 2 is 1.33 bits per heavy atom. The number of benzene rings is 3. The molecule has 3 aromatic carbocycles. The van der Waals surface area contributed by atoms with Crippen molar-refractivity contribution in [3.8, 4) is 11.5 Å². The number of sulfonamides is 1. The third kappa shape index (κ3) is 4.07. The Morgan fingerprint density at radius 3 is 1.96 bits per heavy atom. The fraction of sp³-hybridized carbons (Fsp3) is 0. The third-order valence-electron chi connectivity index (χ3n) is 3.21. The van der Waals surface area contributed by atoms with E-state index < -0.39 is 10.0 Å². The van der Waals surface area contributed by atoms with E-state index >= 15 is 0 Å². The summed E-state index contributed by atoms with van der Waals surface area (Å²) in [4.78, 5) is 0.151. The van der Waals surface area contributed by atoms with Gasteiger partial charge in [-0.25, -0.2) is 8.42 Å². The van der Waals surface area contributed by atoms with Crippen LogP contribution in [0.2, 0.25) is 5.02 Å². The van der Waals surface area contributed by atoms with E-state index in [1.165, 1.54) is 12.1 Å². The lowest BCUT2D eigenvalue weighted by molar-refractivity contribution is 0.482. The molecule has 1 N–H and O–H groups in total. The Morgan fingerprint density at radius 1 is 0.750 bits per heavy atom. The maximum atomic E-state index is 12.4. The molecule has 0 atom stereocenters. The van der Waals surface area contributed by atoms with Gasteiger partial charge >= 0.3 is 0 Å². The topological polar surface area (TPSA) is 55.4 Å². The molecule has 0 aliphatic carbocycles. The maximum Gasteiger partial charge on any atom is 0.261 e. The molecule has 4 nitrogen and oxygen atoms in total. The summed E-state index contributed by atoms with van der Waals surface area (Å²) in [6.45, 7) is 0. The average molecular weight is 360 g/mol. The van der Waals surface area contributed by atoms with Crippen LogP contribution in [0.4, 0.5) is 5.69 Å². The second kappa shape index (κ2) is 6.95. The Labute approximate surface area is 145 Å². The molecule has 0 radical (unpaired) electrons. The first-order chi connectivity index (χ1) is 11.5. The Balaban J connectivity index is 1.75. The Hall–Kier alpha value is -2.50. The van der Waals surface area contributed by atoms with Crippen LogP contribution in [0, 0.1) is 0 Å². The second-order valence-electron chi connectivity index (χ2n) is 5.00. The van der Waals surface area contributed by atoms with E-state index in [2.05, 4.69) is 4.72 Å². The van der Waals surface area contributed by atoms with Crippen molar-refractivity contribution in [1.29, 1.82) is 0 Å². The molecule has 0 unspecified atom stereocenters. The van der Waals surface area contributed by atoms with Gasteiger partial charge < -0.3 is 4.74 Å². The van der Waals surface area contributed by atoms with Crippen LogP contribution in [-0.2, 0) is 10.0 Å². The minimum Gasteiger partial charge on any atom is -0.457 e. The number of halogens is 1. The molecule has 0 amide bonds. The summed E-state index contributed by atoms with van der Waals surface area (Å²) >= 11 is 5.79. The smallest absolute Gasteiger partial charge is 0.261 e. The highest BCUT2D eigenvalue weighted by Gasteiger charge is 2.14. The minimum atomic E-state index is -3.66. The first kappa shape index (κ1) is 16.4. The van der Waals surface area contributed by atoms with E-state index in [0.29, 0.717) is 22.2 Å². The Kier molecular flexibility index (Phi) is 4.74. The normalized spacial score (nSPS) is 11.0. The number of hydrogen-bond donors (Lipinski definition) is 1. The van der Waals surface area contributed by atoms with Crippen LogP contribution in [0.3, 0.4) is 0 Å². The molecule has 122 valence electrons. The van der Waals surface area contributed by atoms with Crippen molar-refractivity contribution in [3.63, 3.8) is 0 Å². The zero-order valence-electron chi connectivity index (χ0n) is 12.5.